The molecule has 4 heterocycles. The molecule has 1 atom stereocenters. The smallest absolute Gasteiger partial charge is 0.290 e. The Bertz CT molecular complexity index is 1260. The Kier molecular flexibility index (Phi) is 6.06. The van der Waals surface area contributed by atoms with E-state index in [1.54, 1.807) is 18.3 Å². The van der Waals surface area contributed by atoms with Crippen molar-refractivity contribution in [2.45, 2.75) is 32.4 Å². The molecule has 1 unspecified atom stereocenters. The van der Waals surface area contributed by atoms with Crippen LogP contribution >= 0.6 is 11.8 Å². The third-order valence-electron chi connectivity index (χ3n) is 5.80. The fraction of sp³-hybridized carbons (Fsp3) is 0.292. The number of hydrogen-bond acceptors (Lipinski definition) is 8. The van der Waals surface area contributed by atoms with Crippen LogP contribution in [0.15, 0.2) is 47.5 Å². The van der Waals surface area contributed by atoms with Crippen LogP contribution in [0.2, 0.25) is 0 Å². The van der Waals surface area contributed by atoms with E-state index < -0.39 is 0 Å². The number of carbonyl (C=O) groups excluding carboxylic acids is 2. The zero-order chi connectivity index (χ0) is 22.8. The minimum absolute atomic E-state index is 0.311. The van der Waals surface area contributed by atoms with Crippen molar-refractivity contribution in [1.82, 2.24) is 25.6 Å². The number of hydrogen-bond donors (Lipinski definition) is 2. The van der Waals surface area contributed by atoms with Gasteiger partial charge >= 0.3 is 0 Å². The Morgan fingerprint density at radius 3 is 2.97 bits per heavy atom. The molecular formula is C24H24N6O2S. The lowest BCUT2D eigenvalue weighted by Crippen LogP contribution is -2.46. The Hall–Kier alpha value is -3.30. The van der Waals surface area contributed by atoms with Gasteiger partial charge < -0.3 is 10.2 Å². The summed E-state index contributed by atoms with van der Waals surface area (Å²) in [6.45, 7) is 4.48. The molecule has 2 aliphatic rings. The molecule has 0 radical (unpaired) electrons. The molecule has 2 aromatic heterocycles. The highest BCUT2D eigenvalue weighted by molar-refractivity contribution is 8.18. The number of piperidine rings is 1. The highest BCUT2D eigenvalue weighted by Crippen LogP contribution is 2.26. The van der Waals surface area contributed by atoms with Crippen molar-refractivity contribution in [3.63, 3.8) is 0 Å². The number of amides is 2. The lowest BCUT2D eigenvalue weighted by atomic mass is 10.0. The number of anilines is 1. The van der Waals surface area contributed by atoms with Gasteiger partial charge in [0.05, 0.1) is 16.1 Å². The lowest BCUT2D eigenvalue weighted by molar-refractivity contribution is -0.115. The van der Waals surface area contributed by atoms with Crippen molar-refractivity contribution in [2.24, 2.45) is 0 Å². The van der Waals surface area contributed by atoms with Gasteiger partial charge in [0, 0.05) is 43.0 Å². The first-order valence-electron chi connectivity index (χ1n) is 11.0. The minimum Gasteiger partial charge on any atom is -0.339 e. The second-order valence-corrected chi connectivity index (χ2v) is 9.25. The standard InChI is InChI=1S/C24H24N6O2S/c1-15-11-16(19-6-2-3-7-20(19)27-15)13-26-18-5-4-10-30(14-18)23-25-9-8-17(28-23)12-21-22(31)29-24(32)33-21/h2-3,6-9,11-12,18,26H,4-5,10,13-14H2,1H3,(H,29,31,32)/b21-12+. The van der Waals surface area contributed by atoms with E-state index in [9.17, 15) is 9.59 Å². The molecule has 0 spiro atoms. The van der Waals surface area contributed by atoms with Gasteiger partial charge in [-0.2, -0.15) is 0 Å². The maximum atomic E-state index is 11.8. The van der Waals surface area contributed by atoms with Gasteiger partial charge in [-0.3, -0.25) is 19.9 Å². The largest absolute Gasteiger partial charge is 0.339 e. The normalized spacial score (nSPS) is 20.0. The van der Waals surface area contributed by atoms with Crippen LogP contribution in [0.4, 0.5) is 10.7 Å². The molecule has 1 aromatic carbocycles. The van der Waals surface area contributed by atoms with Crippen LogP contribution in [0.1, 0.15) is 29.8 Å². The van der Waals surface area contributed by atoms with Gasteiger partial charge in [0.15, 0.2) is 0 Å². The number of aryl methyl sites for hydroxylation is 1. The van der Waals surface area contributed by atoms with Crippen LogP contribution in [0.5, 0.6) is 0 Å². The fourth-order valence-corrected chi connectivity index (χ4v) is 4.94. The molecule has 5 rings (SSSR count). The van der Waals surface area contributed by atoms with E-state index in [0.29, 0.717) is 22.6 Å². The number of pyridine rings is 1. The molecule has 0 bridgehead atoms. The lowest BCUT2D eigenvalue weighted by Gasteiger charge is -2.33. The molecule has 9 heteroatoms. The Morgan fingerprint density at radius 2 is 2.12 bits per heavy atom. The number of thioether (sulfide) groups is 1. The van der Waals surface area contributed by atoms with E-state index in [0.717, 1.165) is 55.4 Å². The summed E-state index contributed by atoms with van der Waals surface area (Å²) in [5.41, 5.74) is 3.91. The second-order valence-electron chi connectivity index (χ2n) is 8.24. The van der Waals surface area contributed by atoms with Gasteiger partial charge in [0.25, 0.3) is 11.1 Å². The van der Waals surface area contributed by atoms with E-state index >= 15 is 0 Å². The molecule has 2 N–H and O–H groups in total. The highest BCUT2D eigenvalue weighted by atomic mass is 32.2. The predicted molar refractivity (Wildman–Crippen MR) is 130 cm³/mol. The van der Waals surface area contributed by atoms with Crippen LogP contribution in [-0.4, -0.2) is 45.2 Å². The van der Waals surface area contributed by atoms with E-state index in [1.165, 1.54) is 10.9 Å². The van der Waals surface area contributed by atoms with Crippen LogP contribution in [0, 0.1) is 6.92 Å². The number of nitrogens with one attached hydrogen (secondary N) is 2. The number of imide groups is 1. The molecule has 2 fully saturated rings. The maximum Gasteiger partial charge on any atom is 0.290 e. The van der Waals surface area contributed by atoms with Crippen molar-refractivity contribution in [3.05, 3.63) is 64.5 Å². The first-order valence-corrected chi connectivity index (χ1v) is 11.8. The molecule has 2 saturated heterocycles. The van der Waals surface area contributed by atoms with Gasteiger partial charge in [0.1, 0.15) is 0 Å². The first kappa shape index (κ1) is 21.5. The Labute approximate surface area is 195 Å². The van der Waals surface area contributed by atoms with Gasteiger partial charge in [0.2, 0.25) is 5.95 Å². The summed E-state index contributed by atoms with van der Waals surface area (Å²) in [5, 5.41) is 6.80. The summed E-state index contributed by atoms with van der Waals surface area (Å²) in [6.07, 6.45) is 5.44. The van der Waals surface area contributed by atoms with E-state index in [-0.39, 0.29) is 11.1 Å². The van der Waals surface area contributed by atoms with E-state index in [4.69, 9.17) is 0 Å². The minimum atomic E-state index is -0.383. The van der Waals surface area contributed by atoms with Gasteiger partial charge in [-0.05, 0) is 61.4 Å². The monoisotopic (exact) mass is 460 g/mol. The number of fused-ring (bicyclic) bond motifs is 1. The maximum absolute atomic E-state index is 11.8. The zero-order valence-electron chi connectivity index (χ0n) is 18.2. The average molecular weight is 461 g/mol. The summed E-state index contributed by atoms with van der Waals surface area (Å²) >= 11 is 0.890. The number of rotatable bonds is 5. The van der Waals surface area contributed by atoms with Crippen molar-refractivity contribution >= 4 is 45.8 Å². The number of benzene rings is 1. The topological polar surface area (TPSA) is 100 Å². The van der Waals surface area contributed by atoms with Crippen molar-refractivity contribution in [2.75, 3.05) is 18.0 Å². The second kappa shape index (κ2) is 9.29. The molecule has 8 nitrogen and oxygen atoms in total. The molecule has 33 heavy (non-hydrogen) atoms. The fourth-order valence-electron chi connectivity index (χ4n) is 4.27. The molecule has 3 aromatic rings. The first-order chi connectivity index (χ1) is 16.0. The third-order valence-corrected chi connectivity index (χ3v) is 6.61. The number of aromatic nitrogens is 3. The van der Waals surface area contributed by atoms with Crippen LogP contribution < -0.4 is 15.5 Å². The molecular weight excluding hydrogens is 436 g/mol. The molecule has 0 aliphatic carbocycles. The van der Waals surface area contributed by atoms with Crippen LogP contribution in [0.25, 0.3) is 17.0 Å². The highest BCUT2D eigenvalue weighted by Gasteiger charge is 2.26. The predicted octanol–water partition coefficient (Wildman–Crippen LogP) is 3.42. The summed E-state index contributed by atoms with van der Waals surface area (Å²) in [4.78, 5) is 39.5. The van der Waals surface area contributed by atoms with Crippen LogP contribution in [-0.2, 0) is 11.3 Å². The Morgan fingerprint density at radius 1 is 1.24 bits per heavy atom. The number of nitrogens with zero attached hydrogens (tertiary/aromatic N) is 4. The van der Waals surface area contributed by atoms with Crippen molar-refractivity contribution < 1.29 is 9.59 Å². The van der Waals surface area contributed by atoms with Gasteiger partial charge in [-0.25, -0.2) is 9.97 Å². The molecule has 2 aliphatic heterocycles. The average Bonchev–Trinajstić information content (AvgIpc) is 3.14. The Balaban J connectivity index is 1.28. The molecule has 2 amide bonds. The van der Waals surface area contributed by atoms with Crippen LogP contribution in [0.3, 0.4) is 0 Å². The van der Waals surface area contributed by atoms with E-state index in [2.05, 4.69) is 54.8 Å². The summed E-state index contributed by atoms with van der Waals surface area (Å²) < 4.78 is 0. The van der Waals surface area contributed by atoms with Gasteiger partial charge in [-0.1, -0.05) is 18.2 Å². The summed E-state index contributed by atoms with van der Waals surface area (Å²) in [6, 6.07) is 12.4. The van der Waals surface area contributed by atoms with Crippen molar-refractivity contribution in [1.29, 1.82) is 0 Å². The number of para-hydroxylation sites is 1. The number of carbonyl (C=O) groups is 2. The van der Waals surface area contributed by atoms with Crippen molar-refractivity contribution in [3.8, 4) is 0 Å². The zero-order valence-corrected chi connectivity index (χ0v) is 19.1. The van der Waals surface area contributed by atoms with Gasteiger partial charge in [-0.15, -0.1) is 0 Å². The molecule has 0 saturated carbocycles. The molecule has 168 valence electrons. The SMILES string of the molecule is Cc1cc(CNC2CCCN(c3nccc(/C=C4/SC(=O)NC4=O)n3)C2)c2ccccc2n1. The third kappa shape index (κ3) is 4.89. The quantitative estimate of drug-likeness (QED) is 0.559. The summed E-state index contributed by atoms with van der Waals surface area (Å²) in [7, 11) is 0. The van der Waals surface area contributed by atoms with E-state index in [1.807, 2.05) is 13.0 Å². The summed E-state index contributed by atoms with van der Waals surface area (Å²) in [5.74, 6) is 0.252.